The normalized spacial score (nSPS) is 17.6. The van der Waals surface area contributed by atoms with E-state index in [9.17, 15) is 14.9 Å². The number of nitrogens with zero attached hydrogens (tertiary/aromatic N) is 4. The number of piperidine rings is 1. The van der Waals surface area contributed by atoms with Crippen LogP contribution in [0.25, 0.3) is 0 Å². The lowest BCUT2D eigenvalue weighted by molar-refractivity contribution is -0.384. The van der Waals surface area contributed by atoms with Crippen LogP contribution in [0.1, 0.15) is 12.8 Å². The van der Waals surface area contributed by atoms with E-state index < -0.39 is 11.0 Å². The molecule has 0 spiro atoms. The molecule has 124 valence electrons. The maximum absolute atomic E-state index is 12.7. The summed E-state index contributed by atoms with van der Waals surface area (Å²) in [6.07, 6.45) is 2.48. The summed E-state index contributed by atoms with van der Waals surface area (Å²) in [4.78, 5) is 32.2. The number of nitrogens with two attached hydrogens (primary N) is 1. The Labute approximate surface area is 137 Å². The molecule has 0 saturated carbocycles. The fourth-order valence-corrected chi connectivity index (χ4v) is 2.63. The van der Waals surface area contributed by atoms with Crippen LogP contribution in [0.4, 0.5) is 23.1 Å². The maximum Gasteiger partial charge on any atom is 0.329 e. The molecule has 2 heterocycles. The highest BCUT2D eigenvalue weighted by Crippen LogP contribution is 2.23. The maximum atomic E-state index is 12.7. The van der Waals surface area contributed by atoms with Crippen molar-refractivity contribution in [2.75, 3.05) is 22.5 Å². The molecule has 1 aromatic carbocycles. The van der Waals surface area contributed by atoms with E-state index in [-0.39, 0.29) is 23.4 Å². The molecule has 1 amide bonds. The lowest BCUT2D eigenvalue weighted by atomic mass is 10.0. The van der Waals surface area contributed by atoms with E-state index in [1.807, 2.05) is 30.3 Å². The van der Waals surface area contributed by atoms with Gasteiger partial charge in [0.2, 0.25) is 17.7 Å². The third-order valence-corrected chi connectivity index (χ3v) is 3.80. The van der Waals surface area contributed by atoms with Crippen LogP contribution >= 0.6 is 0 Å². The summed E-state index contributed by atoms with van der Waals surface area (Å²) in [7, 11) is 0. The largest absolute Gasteiger partial charge is 0.378 e. The van der Waals surface area contributed by atoms with Crippen molar-refractivity contribution in [2.24, 2.45) is 0 Å². The van der Waals surface area contributed by atoms with E-state index in [1.54, 1.807) is 4.90 Å². The standard InChI is InChI=1S/C15H16N6O3/c16-13-12(21(23)24)9-17-15(19-13)18-11-7-4-8-20(14(11)22)10-5-2-1-3-6-10/h1-3,5-6,9,11H,4,7-8H2,(H3,16,17,18,19). The van der Waals surface area contributed by atoms with E-state index in [0.717, 1.165) is 18.3 Å². The summed E-state index contributed by atoms with van der Waals surface area (Å²) in [6.45, 7) is 0.643. The van der Waals surface area contributed by atoms with Crippen LogP contribution in [-0.2, 0) is 4.79 Å². The van der Waals surface area contributed by atoms with E-state index in [0.29, 0.717) is 13.0 Å². The van der Waals surface area contributed by atoms with Gasteiger partial charge in [-0.25, -0.2) is 4.98 Å². The van der Waals surface area contributed by atoms with Gasteiger partial charge >= 0.3 is 5.69 Å². The Bertz CT molecular complexity index is 767. The van der Waals surface area contributed by atoms with Gasteiger partial charge in [0.15, 0.2) is 0 Å². The molecule has 1 atom stereocenters. The van der Waals surface area contributed by atoms with Crippen molar-refractivity contribution in [2.45, 2.75) is 18.9 Å². The molecular weight excluding hydrogens is 312 g/mol. The predicted octanol–water partition coefficient (Wildman–Crippen LogP) is 1.57. The highest BCUT2D eigenvalue weighted by Gasteiger charge is 2.30. The number of anilines is 3. The molecule has 1 aromatic heterocycles. The number of nitrogens with one attached hydrogen (secondary N) is 1. The minimum Gasteiger partial charge on any atom is -0.378 e. The first kappa shape index (κ1) is 15.7. The molecular formula is C15H16N6O3. The molecule has 2 aromatic rings. The Hall–Kier alpha value is -3.23. The zero-order chi connectivity index (χ0) is 17.1. The summed E-state index contributed by atoms with van der Waals surface area (Å²) in [6, 6.07) is 8.89. The van der Waals surface area contributed by atoms with Gasteiger partial charge < -0.3 is 16.0 Å². The summed E-state index contributed by atoms with van der Waals surface area (Å²) in [5, 5.41) is 13.7. The molecule has 1 saturated heterocycles. The predicted molar refractivity (Wildman–Crippen MR) is 88.5 cm³/mol. The third-order valence-electron chi connectivity index (χ3n) is 3.80. The molecule has 0 radical (unpaired) electrons. The van der Waals surface area contributed by atoms with E-state index in [1.165, 1.54) is 0 Å². The minimum atomic E-state index is -0.651. The summed E-state index contributed by atoms with van der Waals surface area (Å²) in [5.74, 6) is -0.222. The van der Waals surface area contributed by atoms with Gasteiger partial charge in [-0.3, -0.25) is 14.9 Å². The molecule has 9 heteroatoms. The molecule has 24 heavy (non-hydrogen) atoms. The molecule has 0 bridgehead atoms. The van der Waals surface area contributed by atoms with Crippen LogP contribution in [0.15, 0.2) is 36.5 Å². The van der Waals surface area contributed by atoms with Gasteiger partial charge in [0, 0.05) is 12.2 Å². The monoisotopic (exact) mass is 328 g/mol. The van der Waals surface area contributed by atoms with Crippen LogP contribution in [-0.4, -0.2) is 33.4 Å². The second-order valence-electron chi connectivity index (χ2n) is 5.39. The van der Waals surface area contributed by atoms with Crippen molar-refractivity contribution in [1.82, 2.24) is 9.97 Å². The van der Waals surface area contributed by atoms with Crippen LogP contribution in [0.3, 0.4) is 0 Å². The number of nitrogen functional groups attached to an aromatic ring is 1. The summed E-state index contributed by atoms with van der Waals surface area (Å²) < 4.78 is 0. The number of para-hydroxylation sites is 1. The van der Waals surface area contributed by atoms with E-state index in [2.05, 4.69) is 15.3 Å². The lowest BCUT2D eigenvalue weighted by Gasteiger charge is -2.32. The van der Waals surface area contributed by atoms with Crippen LogP contribution in [0, 0.1) is 10.1 Å². The molecule has 1 fully saturated rings. The molecule has 3 rings (SSSR count). The van der Waals surface area contributed by atoms with Gasteiger partial charge in [-0.2, -0.15) is 4.98 Å². The first-order valence-corrected chi connectivity index (χ1v) is 7.46. The van der Waals surface area contributed by atoms with Crippen LogP contribution in [0.5, 0.6) is 0 Å². The van der Waals surface area contributed by atoms with E-state index in [4.69, 9.17) is 5.73 Å². The SMILES string of the molecule is Nc1nc(NC2CCCN(c3ccccc3)C2=O)ncc1[N+](=O)[O-]. The number of nitro groups is 1. The Morgan fingerprint density at radius 2 is 2.08 bits per heavy atom. The average Bonchev–Trinajstić information content (AvgIpc) is 2.57. The minimum absolute atomic E-state index is 0.0898. The van der Waals surface area contributed by atoms with Gasteiger partial charge in [-0.15, -0.1) is 0 Å². The Balaban J connectivity index is 1.76. The second-order valence-corrected chi connectivity index (χ2v) is 5.39. The summed E-state index contributed by atoms with van der Waals surface area (Å²) >= 11 is 0. The van der Waals surface area contributed by atoms with Gasteiger partial charge in [-0.1, -0.05) is 18.2 Å². The fraction of sp³-hybridized carbons (Fsp3) is 0.267. The smallest absolute Gasteiger partial charge is 0.329 e. The van der Waals surface area contributed by atoms with Crippen molar-refractivity contribution in [3.05, 3.63) is 46.6 Å². The van der Waals surface area contributed by atoms with Gasteiger partial charge in [-0.05, 0) is 25.0 Å². The van der Waals surface area contributed by atoms with Gasteiger partial charge in [0.1, 0.15) is 12.2 Å². The highest BCUT2D eigenvalue weighted by molar-refractivity contribution is 5.99. The molecule has 1 unspecified atom stereocenters. The highest BCUT2D eigenvalue weighted by atomic mass is 16.6. The van der Waals surface area contributed by atoms with Crippen LogP contribution in [0.2, 0.25) is 0 Å². The topological polar surface area (TPSA) is 127 Å². The quantitative estimate of drug-likeness (QED) is 0.644. The van der Waals surface area contributed by atoms with Crippen molar-refractivity contribution in [3.8, 4) is 0 Å². The molecule has 9 nitrogen and oxygen atoms in total. The number of amides is 1. The number of aromatic nitrogens is 2. The number of carbonyl (C=O) groups excluding carboxylic acids is 1. The third kappa shape index (κ3) is 3.09. The van der Waals surface area contributed by atoms with Gasteiger partial charge in [0.05, 0.1) is 4.92 Å². The van der Waals surface area contributed by atoms with Crippen LogP contribution < -0.4 is 16.0 Å². The summed E-state index contributed by atoms with van der Waals surface area (Å²) in [5.41, 5.74) is 6.02. The van der Waals surface area contributed by atoms with E-state index >= 15 is 0 Å². The lowest BCUT2D eigenvalue weighted by Crippen LogP contribution is -2.48. The van der Waals surface area contributed by atoms with Crippen molar-refractivity contribution in [1.29, 1.82) is 0 Å². The van der Waals surface area contributed by atoms with Crippen molar-refractivity contribution < 1.29 is 9.72 Å². The number of rotatable bonds is 4. The fourth-order valence-electron chi connectivity index (χ4n) is 2.63. The first-order valence-electron chi connectivity index (χ1n) is 7.46. The van der Waals surface area contributed by atoms with Crippen molar-refractivity contribution >= 4 is 29.0 Å². The Kier molecular flexibility index (Phi) is 4.23. The molecule has 1 aliphatic heterocycles. The second kappa shape index (κ2) is 6.49. The molecule has 3 N–H and O–H groups in total. The number of hydrogen-bond acceptors (Lipinski definition) is 7. The molecule has 1 aliphatic rings. The zero-order valence-electron chi connectivity index (χ0n) is 12.8. The molecule has 0 aliphatic carbocycles. The number of hydrogen-bond donors (Lipinski definition) is 2. The Morgan fingerprint density at radius 3 is 2.75 bits per heavy atom. The van der Waals surface area contributed by atoms with Gasteiger partial charge in [0.25, 0.3) is 0 Å². The Morgan fingerprint density at radius 1 is 1.33 bits per heavy atom. The number of carbonyl (C=O) groups is 1. The average molecular weight is 328 g/mol. The van der Waals surface area contributed by atoms with Crippen molar-refractivity contribution in [3.63, 3.8) is 0 Å². The number of benzene rings is 1. The zero-order valence-corrected chi connectivity index (χ0v) is 12.8. The first-order chi connectivity index (χ1) is 11.6.